The zero-order valence-electron chi connectivity index (χ0n) is 8.10. The quantitative estimate of drug-likeness (QED) is 0.570. The third kappa shape index (κ3) is 1.89. The molecule has 1 aromatic rings. The van der Waals surface area contributed by atoms with Crippen LogP contribution >= 0.6 is 0 Å². The van der Waals surface area contributed by atoms with Crippen molar-refractivity contribution >= 4 is 11.9 Å². The third-order valence-electron chi connectivity index (χ3n) is 2.46. The van der Waals surface area contributed by atoms with Crippen LogP contribution in [0.25, 0.3) is 0 Å². The van der Waals surface area contributed by atoms with Gasteiger partial charge in [-0.2, -0.15) is 0 Å². The van der Waals surface area contributed by atoms with E-state index in [1.165, 1.54) is 0 Å². The molecule has 4 nitrogen and oxygen atoms in total. The second-order valence-corrected chi connectivity index (χ2v) is 3.50. The second-order valence-electron chi connectivity index (χ2n) is 3.50. The number of ether oxygens (including phenoxy) is 1. The van der Waals surface area contributed by atoms with Gasteiger partial charge in [0.15, 0.2) is 0 Å². The zero-order chi connectivity index (χ0) is 10.8. The van der Waals surface area contributed by atoms with Crippen LogP contribution in [0, 0.1) is 0 Å². The van der Waals surface area contributed by atoms with Crippen molar-refractivity contribution in [3.63, 3.8) is 0 Å². The molecule has 1 aromatic carbocycles. The fourth-order valence-electron chi connectivity index (χ4n) is 1.67. The van der Waals surface area contributed by atoms with E-state index in [1.807, 2.05) is 24.3 Å². The third-order valence-corrected chi connectivity index (χ3v) is 2.46. The number of cyclic esters (lactones) is 2. The molecule has 0 amide bonds. The summed E-state index contributed by atoms with van der Waals surface area (Å²) < 4.78 is 4.49. The summed E-state index contributed by atoms with van der Waals surface area (Å²) in [5.41, 5.74) is 7.24. The lowest BCUT2D eigenvalue weighted by molar-refractivity contribution is -0.152. The Kier molecular flexibility index (Phi) is 2.51. The Morgan fingerprint density at radius 1 is 1.40 bits per heavy atom. The van der Waals surface area contributed by atoms with Crippen LogP contribution in [0.5, 0.6) is 0 Å². The number of benzene rings is 1. The highest BCUT2D eigenvalue weighted by Crippen LogP contribution is 2.27. The van der Waals surface area contributed by atoms with Crippen LogP contribution in [0.2, 0.25) is 0 Å². The normalized spacial score (nSPS) is 20.5. The molecule has 2 N–H and O–H groups in total. The summed E-state index contributed by atoms with van der Waals surface area (Å²) in [6.07, 6.45) is 0.132. The molecule has 0 aliphatic carbocycles. The van der Waals surface area contributed by atoms with Crippen molar-refractivity contribution in [2.24, 2.45) is 5.73 Å². The standard InChI is InChI=1S/C11H11NO3/c12-6-7-2-1-3-8(4-7)9-5-10(13)15-11(9)14/h1-4,9H,5-6,12H2. The molecular formula is C11H11NO3. The lowest BCUT2D eigenvalue weighted by Gasteiger charge is -2.06. The monoisotopic (exact) mass is 205 g/mol. The van der Waals surface area contributed by atoms with Crippen LogP contribution in [0.3, 0.4) is 0 Å². The van der Waals surface area contributed by atoms with Gasteiger partial charge in [0, 0.05) is 6.54 Å². The molecule has 1 aliphatic rings. The first-order valence-corrected chi connectivity index (χ1v) is 4.74. The molecule has 1 fully saturated rings. The second kappa shape index (κ2) is 3.82. The van der Waals surface area contributed by atoms with E-state index in [4.69, 9.17) is 5.73 Å². The molecule has 1 aliphatic heterocycles. The molecule has 1 saturated heterocycles. The van der Waals surface area contributed by atoms with E-state index < -0.39 is 17.9 Å². The average molecular weight is 205 g/mol. The van der Waals surface area contributed by atoms with Crippen molar-refractivity contribution in [3.05, 3.63) is 35.4 Å². The van der Waals surface area contributed by atoms with Gasteiger partial charge in [-0.3, -0.25) is 9.59 Å². The van der Waals surface area contributed by atoms with E-state index in [0.717, 1.165) is 11.1 Å². The van der Waals surface area contributed by atoms with Gasteiger partial charge in [-0.25, -0.2) is 0 Å². The van der Waals surface area contributed by atoms with E-state index in [2.05, 4.69) is 4.74 Å². The maximum Gasteiger partial charge on any atom is 0.321 e. The first kappa shape index (κ1) is 9.86. The number of carbonyl (C=O) groups is 2. The Morgan fingerprint density at radius 3 is 2.80 bits per heavy atom. The van der Waals surface area contributed by atoms with Gasteiger partial charge in [0.05, 0.1) is 12.3 Å². The van der Waals surface area contributed by atoms with Crippen molar-refractivity contribution in [3.8, 4) is 0 Å². The Balaban J connectivity index is 2.29. The highest BCUT2D eigenvalue weighted by Gasteiger charge is 2.34. The van der Waals surface area contributed by atoms with Gasteiger partial charge in [0.25, 0.3) is 0 Å². The van der Waals surface area contributed by atoms with Crippen molar-refractivity contribution in [1.29, 1.82) is 0 Å². The molecule has 0 bridgehead atoms. The number of hydrogen-bond donors (Lipinski definition) is 1. The largest absolute Gasteiger partial charge is 0.393 e. The molecule has 1 unspecified atom stereocenters. The first-order chi connectivity index (χ1) is 7.20. The Labute approximate surface area is 87.0 Å². The molecule has 1 atom stereocenters. The summed E-state index contributed by atoms with van der Waals surface area (Å²) in [6.45, 7) is 0.420. The molecule has 0 spiro atoms. The number of rotatable bonds is 2. The summed E-state index contributed by atoms with van der Waals surface area (Å²) in [6, 6.07) is 7.35. The van der Waals surface area contributed by atoms with Crippen LogP contribution in [-0.4, -0.2) is 11.9 Å². The van der Waals surface area contributed by atoms with Gasteiger partial charge >= 0.3 is 11.9 Å². The van der Waals surface area contributed by atoms with Gasteiger partial charge in [-0.1, -0.05) is 24.3 Å². The van der Waals surface area contributed by atoms with E-state index in [1.54, 1.807) is 0 Å². The maximum atomic E-state index is 11.3. The summed E-state index contributed by atoms with van der Waals surface area (Å²) in [5, 5.41) is 0. The smallest absolute Gasteiger partial charge is 0.321 e. The summed E-state index contributed by atoms with van der Waals surface area (Å²) >= 11 is 0. The van der Waals surface area contributed by atoms with Crippen LogP contribution < -0.4 is 5.73 Å². The van der Waals surface area contributed by atoms with Crippen LogP contribution in [-0.2, 0) is 20.9 Å². The molecule has 78 valence electrons. The van der Waals surface area contributed by atoms with Gasteiger partial charge in [-0.15, -0.1) is 0 Å². The summed E-state index contributed by atoms with van der Waals surface area (Å²) in [7, 11) is 0. The lowest BCUT2D eigenvalue weighted by Crippen LogP contribution is -2.06. The summed E-state index contributed by atoms with van der Waals surface area (Å²) in [5.74, 6) is -1.37. The minimum atomic E-state index is -0.464. The fourth-order valence-corrected chi connectivity index (χ4v) is 1.67. The number of hydrogen-bond acceptors (Lipinski definition) is 4. The van der Waals surface area contributed by atoms with Gasteiger partial charge < -0.3 is 10.5 Å². The topological polar surface area (TPSA) is 69.4 Å². The predicted molar refractivity (Wildman–Crippen MR) is 52.8 cm³/mol. The van der Waals surface area contributed by atoms with Crippen LogP contribution in [0.15, 0.2) is 24.3 Å². The van der Waals surface area contributed by atoms with Crippen molar-refractivity contribution in [1.82, 2.24) is 0 Å². The molecular weight excluding hydrogens is 194 g/mol. The predicted octanol–water partition coefficient (Wildman–Crippen LogP) is 0.702. The van der Waals surface area contributed by atoms with Gasteiger partial charge in [-0.05, 0) is 11.1 Å². The number of esters is 2. The highest BCUT2D eigenvalue weighted by atomic mass is 16.6. The van der Waals surface area contributed by atoms with Gasteiger partial charge in [0.2, 0.25) is 0 Å². The van der Waals surface area contributed by atoms with Crippen LogP contribution in [0.4, 0.5) is 0 Å². The minimum absolute atomic E-state index is 0.132. The maximum absolute atomic E-state index is 11.3. The van der Waals surface area contributed by atoms with E-state index in [0.29, 0.717) is 6.54 Å². The van der Waals surface area contributed by atoms with Crippen molar-refractivity contribution < 1.29 is 14.3 Å². The Hall–Kier alpha value is -1.68. The molecule has 1 heterocycles. The first-order valence-electron chi connectivity index (χ1n) is 4.74. The number of nitrogens with two attached hydrogens (primary N) is 1. The van der Waals surface area contributed by atoms with E-state index >= 15 is 0 Å². The van der Waals surface area contributed by atoms with Crippen LogP contribution in [0.1, 0.15) is 23.5 Å². The Bertz CT molecular complexity index is 414. The average Bonchev–Trinajstić information content (AvgIpc) is 2.58. The van der Waals surface area contributed by atoms with Gasteiger partial charge in [0.1, 0.15) is 0 Å². The molecule has 0 radical (unpaired) electrons. The minimum Gasteiger partial charge on any atom is -0.393 e. The van der Waals surface area contributed by atoms with Crippen molar-refractivity contribution in [2.75, 3.05) is 0 Å². The Morgan fingerprint density at radius 2 is 2.20 bits per heavy atom. The number of carbonyl (C=O) groups excluding carboxylic acids is 2. The molecule has 4 heteroatoms. The van der Waals surface area contributed by atoms with Crippen molar-refractivity contribution in [2.45, 2.75) is 18.9 Å². The lowest BCUT2D eigenvalue weighted by atomic mass is 9.96. The summed E-state index contributed by atoms with van der Waals surface area (Å²) in [4.78, 5) is 22.2. The molecule has 0 saturated carbocycles. The molecule has 0 aromatic heterocycles. The molecule has 15 heavy (non-hydrogen) atoms. The van der Waals surface area contributed by atoms with E-state index in [9.17, 15) is 9.59 Å². The van der Waals surface area contributed by atoms with E-state index in [-0.39, 0.29) is 6.42 Å². The molecule has 2 rings (SSSR count). The zero-order valence-corrected chi connectivity index (χ0v) is 8.10. The SMILES string of the molecule is NCc1cccc(C2CC(=O)OC2=O)c1. The highest BCUT2D eigenvalue weighted by molar-refractivity contribution is 5.97. The fraction of sp³-hybridized carbons (Fsp3) is 0.273.